The first-order valence-electron chi connectivity index (χ1n) is 10.1. The van der Waals surface area contributed by atoms with Crippen molar-refractivity contribution in [3.8, 4) is 0 Å². The minimum atomic E-state index is -1.37. The van der Waals surface area contributed by atoms with Crippen LogP contribution in [0.1, 0.15) is 46.6 Å². The number of ether oxygens (including phenoxy) is 5. The van der Waals surface area contributed by atoms with Crippen LogP contribution < -0.4 is 0 Å². The molecule has 1 rings (SSSR count). The van der Waals surface area contributed by atoms with Crippen LogP contribution in [0.25, 0.3) is 0 Å². The van der Waals surface area contributed by atoms with Crippen molar-refractivity contribution in [3.05, 3.63) is 35.9 Å². The Morgan fingerprint density at radius 3 is 1.50 bits per heavy atom. The van der Waals surface area contributed by atoms with Crippen molar-refractivity contribution >= 4 is 29.8 Å². The molecule has 4 atom stereocenters. The zero-order valence-electron chi connectivity index (χ0n) is 18.7. The van der Waals surface area contributed by atoms with Crippen molar-refractivity contribution in [2.75, 3.05) is 0 Å². The van der Waals surface area contributed by atoms with E-state index >= 15 is 0 Å². The van der Waals surface area contributed by atoms with Gasteiger partial charge in [-0.2, -0.15) is 0 Å². The second-order valence-electron chi connectivity index (χ2n) is 6.82. The Kier molecular flexibility index (Phi) is 10.9. The molecule has 0 unspecified atom stereocenters. The topological polar surface area (TPSA) is 132 Å². The molecule has 1 aromatic carbocycles. The van der Waals surface area contributed by atoms with E-state index in [4.69, 9.17) is 23.7 Å². The van der Waals surface area contributed by atoms with E-state index in [-0.39, 0.29) is 13.0 Å². The molecule has 32 heavy (non-hydrogen) atoms. The molecule has 0 amide bonds. The summed E-state index contributed by atoms with van der Waals surface area (Å²) in [7, 11) is 0. The Balaban J connectivity index is 2.45. The number of carbonyl (C=O) groups is 5. The van der Waals surface area contributed by atoms with Gasteiger partial charge in [-0.15, -0.1) is 0 Å². The van der Waals surface area contributed by atoms with Gasteiger partial charge in [-0.05, 0) is 33.3 Å². The van der Waals surface area contributed by atoms with Gasteiger partial charge >= 0.3 is 29.8 Å². The van der Waals surface area contributed by atoms with Crippen LogP contribution in [0.2, 0.25) is 0 Å². The molecule has 0 fully saturated rings. The van der Waals surface area contributed by atoms with E-state index in [9.17, 15) is 24.0 Å². The van der Waals surface area contributed by atoms with Crippen LogP contribution in [-0.4, -0.2) is 54.3 Å². The van der Waals surface area contributed by atoms with Gasteiger partial charge in [0.05, 0.1) is 0 Å². The third-order valence-electron chi connectivity index (χ3n) is 4.03. The molecule has 10 heteroatoms. The SMILES string of the molecule is CCC(=O)O[C@@H](C)C(=O)O[C@@H](C)C(=O)O[C@@H](C)C(=O)O[C@@H](C)C(=O)OCc1ccccc1. The molecule has 0 aliphatic heterocycles. The minimum absolute atomic E-state index is 0.0149. The molecule has 0 saturated carbocycles. The second kappa shape index (κ2) is 13.1. The zero-order chi connectivity index (χ0) is 24.3. The van der Waals surface area contributed by atoms with Gasteiger partial charge in [0.2, 0.25) is 0 Å². The lowest BCUT2D eigenvalue weighted by molar-refractivity contribution is -0.185. The van der Waals surface area contributed by atoms with Gasteiger partial charge in [-0.25, -0.2) is 19.2 Å². The molecular weight excluding hydrogens is 424 g/mol. The number of rotatable bonds is 11. The van der Waals surface area contributed by atoms with Gasteiger partial charge < -0.3 is 23.7 Å². The molecule has 0 aliphatic rings. The van der Waals surface area contributed by atoms with E-state index in [0.717, 1.165) is 5.56 Å². The number of benzene rings is 1. The van der Waals surface area contributed by atoms with E-state index in [1.807, 2.05) is 6.07 Å². The molecule has 0 N–H and O–H groups in total. The normalized spacial score (nSPS) is 14.2. The summed E-state index contributed by atoms with van der Waals surface area (Å²) in [6.45, 7) is 6.67. The van der Waals surface area contributed by atoms with Crippen LogP contribution in [0.15, 0.2) is 30.3 Å². The summed E-state index contributed by atoms with van der Waals surface area (Å²) >= 11 is 0. The third kappa shape index (κ3) is 9.15. The lowest BCUT2D eigenvalue weighted by Crippen LogP contribution is -2.37. The molecule has 10 nitrogen and oxygen atoms in total. The fraction of sp³-hybridized carbons (Fsp3) is 0.500. The molecule has 0 spiro atoms. The Bertz CT molecular complexity index is 804. The maximum atomic E-state index is 12.1. The van der Waals surface area contributed by atoms with E-state index in [2.05, 4.69) is 0 Å². The smallest absolute Gasteiger partial charge is 0.347 e. The highest BCUT2D eigenvalue weighted by Gasteiger charge is 2.30. The fourth-order valence-electron chi connectivity index (χ4n) is 2.13. The Morgan fingerprint density at radius 1 is 0.656 bits per heavy atom. The Morgan fingerprint density at radius 2 is 1.06 bits per heavy atom. The second-order valence-corrected chi connectivity index (χ2v) is 6.82. The summed E-state index contributed by atoms with van der Waals surface area (Å²) in [5.74, 6) is -4.31. The highest BCUT2D eigenvalue weighted by atomic mass is 16.6. The van der Waals surface area contributed by atoms with Gasteiger partial charge in [0.15, 0.2) is 24.4 Å². The van der Waals surface area contributed by atoms with E-state index in [1.54, 1.807) is 31.2 Å². The highest BCUT2D eigenvalue weighted by molar-refractivity contribution is 5.85. The van der Waals surface area contributed by atoms with Crippen LogP contribution in [-0.2, 0) is 54.3 Å². The lowest BCUT2D eigenvalue weighted by atomic mass is 10.2. The summed E-state index contributed by atoms with van der Waals surface area (Å²) in [4.78, 5) is 59.2. The van der Waals surface area contributed by atoms with Gasteiger partial charge in [0.1, 0.15) is 6.61 Å². The van der Waals surface area contributed by atoms with Gasteiger partial charge in [0, 0.05) is 6.42 Å². The van der Waals surface area contributed by atoms with Crippen LogP contribution >= 0.6 is 0 Å². The quantitative estimate of drug-likeness (QED) is 0.362. The van der Waals surface area contributed by atoms with Crippen LogP contribution in [0.3, 0.4) is 0 Å². The molecule has 0 bridgehead atoms. The maximum Gasteiger partial charge on any atom is 0.347 e. The fourth-order valence-corrected chi connectivity index (χ4v) is 2.13. The monoisotopic (exact) mass is 452 g/mol. The molecule has 0 aromatic heterocycles. The molecular formula is C22H28O10. The summed E-state index contributed by atoms with van der Waals surface area (Å²) in [5, 5.41) is 0. The molecule has 1 aromatic rings. The van der Waals surface area contributed by atoms with Crippen molar-refractivity contribution < 1.29 is 47.7 Å². The average molecular weight is 452 g/mol. The summed E-state index contributed by atoms with van der Waals surface area (Å²) < 4.78 is 24.6. The van der Waals surface area contributed by atoms with Crippen LogP contribution in [0.4, 0.5) is 0 Å². The molecule has 0 aliphatic carbocycles. The first kappa shape index (κ1) is 26.6. The standard InChI is InChI=1S/C22H28O10/c1-6-18(23)29-14(3)20(25)31-16(5)22(27)32-15(4)21(26)30-13(2)19(24)28-12-17-10-8-7-9-11-17/h7-11,13-16H,6,12H2,1-5H3/t13-,14-,15-,16-/m0/s1. The van der Waals surface area contributed by atoms with Gasteiger partial charge in [-0.1, -0.05) is 37.3 Å². The van der Waals surface area contributed by atoms with Gasteiger partial charge in [0.25, 0.3) is 0 Å². The van der Waals surface area contributed by atoms with E-state index in [0.29, 0.717) is 0 Å². The maximum absolute atomic E-state index is 12.1. The first-order valence-corrected chi connectivity index (χ1v) is 10.1. The van der Waals surface area contributed by atoms with Crippen molar-refractivity contribution in [3.63, 3.8) is 0 Å². The predicted octanol–water partition coefficient (Wildman–Crippen LogP) is 1.87. The van der Waals surface area contributed by atoms with Crippen molar-refractivity contribution in [2.24, 2.45) is 0 Å². The highest BCUT2D eigenvalue weighted by Crippen LogP contribution is 2.08. The van der Waals surface area contributed by atoms with Crippen LogP contribution in [0.5, 0.6) is 0 Å². The Hall–Kier alpha value is -3.43. The molecule has 0 saturated heterocycles. The average Bonchev–Trinajstić information content (AvgIpc) is 2.77. The van der Waals surface area contributed by atoms with Crippen molar-refractivity contribution in [1.82, 2.24) is 0 Å². The van der Waals surface area contributed by atoms with Gasteiger partial charge in [-0.3, -0.25) is 4.79 Å². The first-order chi connectivity index (χ1) is 15.0. The summed E-state index contributed by atoms with van der Waals surface area (Å²) in [6.07, 6.45) is -5.09. The molecule has 0 radical (unpaired) electrons. The number of carbonyl (C=O) groups excluding carboxylic acids is 5. The summed E-state index contributed by atoms with van der Waals surface area (Å²) in [5.41, 5.74) is 0.768. The number of hydrogen-bond donors (Lipinski definition) is 0. The molecule has 176 valence electrons. The Labute approximate surface area is 186 Å². The molecule has 0 heterocycles. The lowest BCUT2D eigenvalue weighted by Gasteiger charge is -2.19. The van der Waals surface area contributed by atoms with E-state index in [1.165, 1.54) is 27.7 Å². The predicted molar refractivity (Wildman–Crippen MR) is 109 cm³/mol. The van der Waals surface area contributed by atoms with Crippen LogP contribution in [0, 0.1) is 0 Å². The number of hydrogen-bond acceptors (Lipinski definition) is 10. The van der Waals surface area contributed by atoms with Crippen molar-refractivity contribution in [2.45, 2.75) is 72.1 Å². The largest absolute Gasteiger partial charge is 0.458 e. The minimum Gasteiger partial charge on any atom is -0.458 e. The van der Waals surface area contributed by atoms with Crippen molar-refractivity contribution in [1.29, 1.82) is 0 Å². The van der Waals surface area contributed by atoms with E-state index < -0.39 is 54.3 Å². The third-order valence-corrected chi connectivity index (χ3v) is 4.03. The zero-order valence-corrected chi connectivity index (χ0v) is 18.7. The number of esters is 5. The summed E-state index contributed by atoms with van der Waals surface area (Å²) in [6, 6.07) is 8.95.